The summed E-state index contributed by atoms with van der Waals surface area (Å²) < 4.78 is 12.7. The predicted molar refractivity (Wildman–Crippen MR) is 62.4 cm³/mol. The van der Waals surface area contributed by atoms with Crippen molar-refractivity contribution in [3.05, 3.63) is 35.6 Å². The highest BCUT2D eigenvalue weighted by Crippen LogP contribution is 2.16. The molecule has 0 amide bonds. The summed E-state index contributed by atoms with van der Waals surface area (Å²) in [6.07, 6.45) is 1.02. The maximum atomic E-state index is 12.7. The molecule has 0 spiro atoms. The lowest BCUT2D eigenvalue weighted by Gasteiger charge is -2.19. The van der Waals surface area contributed by atoms with Gasteiger partial charge >= 0.3 is 0 Å². The van der Waals surface area contributed by atoms with Gasteiger partial charge in [-0.05, 0) is 49.5 Å². The zero-order valence-corrected chi connectivity index (χ0v) is 9.76. The number of hydrogen-bond donors (Lipinski definition) is 1. The standard InChI is InChI=1S/C13H20FN/c1-10(11(2)9-15-3)8-12-4-6-13(14)7-5-12/h4-7,10-11,15H,8-9H2,1-3H3. The Morgan fingerprint density at radius 1 is 1.13 bits per heavy atom. The van der Waals surface area contributed by atoms with Crippen molar-refractivity contribution in [3.63, 3.8) is 0 Å². The molecule has 0 aliphatic heterocycles. The first kappa shape index (κ1) is 12.2. The van der Waals surface area contributed by atoms with Gasteiger partial charge in [-0.2, -0.15) is 0 Å². The molecule has 0 heterocycles. The van der Waals surface area contributed by atoms with E-state index in [1.807, 2.05) is 19.2 Å². The molecule has 1 aromatic rings. The van der Waals surface area contributed by atoms with Crippen molar-refractivity contribution in [2.75, 3.05) is 13.6 Å². The second-order valence-corrected chi connectivity index (χ2v) is 4.34. The van der Waals surface area contributed by atoms with Gasteiger partial charge in [0.05, 0.1) is 0 Å². The van der Waals surface area contributed by atoms with E-state index in [0.29, 0.717) is 11.8 Å². The van der Waals surface area contributed by atoms with E-state index in [2.05, 4.69) is 19.2 Å². The molecule has 0 bridgehead atoms. The van der Waals surface area contributed by atoms with Gasteiger partial charge in [0.2, 0.25) is 0 Å². The van der Waals surface area contributed by atoms with Gasteiger partial charge < -0.3 is 5.32 Å². The molecule has 1 aromatic carbocycles. The molecule has 0 aliphatic rings. The Bertz CT molecular complexity index is 281. The molecule has 1 N–H and O–H groups in total. The van der Waals surface area contributed by atoms with Gasteiger partial charge in [0, 0.05) is 0 Å². The molecule has 15 heavy (non-hydrogen) atoms. The van der Waals surface area contributed by atoms with Crippen molar-refractivity contribution in [1.82, 2.24) is 5.32 Å². The van der Waals surface area contributed by atoms with Gasteiger partial charge in [0.15, 0.2) is 0 Å². The molecule has 0 saturated carbocycles. The minimum Gasteiger partial charge on any atom is -0.319 e. The minimum atomic E-state index is -0.158. The summed E-state index contributed by atoms with van der Waals surface area (Å²) in [5, 5.41) is 3.18. The molecule has 0 fully saturated rings. The monoisotopic (exact) mass is 209 g/mol. The molecule has 84 valence electrons. The van der Waals surface area contributed by atoms with E-state index < -0.39 is 0 Å². The van der Waals surface area contributed by atoms with Crippen LogP contribution in [0.25, 0.3) is 0 Å². The van der Waals surface area contributed by atoms with Crippen LogP contribution >= 0.6 is 0 Å². The fraction of sp³-hybridized carbons (Fsp3) is 0.538. The van der Waals surface area contributed by atoms with Crippen molar-refractivity contribution in [2.45, 2.75) is 20.3 Å². The lowest BCUT2D eigenvalue weighted by Crippen LogP contribution is -2.23. The first-order chi connectivity index (χ1) is 7.13. The molecule has 2 heteroatoms. The number of hydrogen-bond acceptors (Lipinski definition) is 1. The van der Waals surface area contributed by atoms with Gasteiger partial charge in [0.1, 0.15) is 5.82 Å². The number of benzene rings is 1. The average molecular weight is 209 g/mol. The zero-order chi connectivity index (χ0) is 11.3. The van der Waals surface area contributed by atoms with Crippen LogP contribution in [0.3, 0.4) is 0 Å². The fourth-order valence-electron chi connectivity index (χ4n) is 1.72. The first-order valence-corrected chi connectivity index (χ1v) is 5.52. The van der Waals surface area contributed by atoms with Crippen LogP contribution in [0.5, 0.6) is 0 Å². The molecule has 0 aliphatic carbocycles. The summed E-state index contributed by atoms with van der Waals surface area (Å²) in [6.45, 7) is 5.51. The Balaban J connectivity index is 2.50. The lowest BCUT2D eigenvalue weighted by atomic mass is 9.89. The topological polar surface area (TPSA) is 12.0 Å². The van der Waals surface area contributed by atoms with Gasteiger partial charge in [-0.3, -0.25) is 0 Å². The maximum absolute atomic E-state index is 12.7. The van der Waals surface area contributed by atoms with E-state index in [9.17, 15) is 4.39 Å². The van der Waals surface area contributed by atoms with Crippen molar-refractivity contribution >= 4 is 0 Å². The second kappa shape index (κ2) is 5.86. The van der Waals surface area contributed by atoms with Gasteiger partial charge in [-0.25, -0.2) is 4.39 Å². The SMILES string of the molecule is CNCC(C)C(C)Cc1ccc(F)cc1. The highest BCUT2D eigenvalue weighted by atomic mass is 19.1. The number of halogens is 1. The van der Waals surface area contributed by atoms with E-state index in [0.717, 1.165) is 13.0 Å². The van der Waals surface area contributed by atoms with Crippen LogP contribution in [0.4, 0.5) is 4.39 Å². The third-order valence-corrected chi connectivity index (χ3v) is 2.97. The highest BCUT2D eigenvalue weighted by molar-refractivity contribution is 5.16. The highest BCUT2D eigenvalue weighted by Gasteiger charge is 2.11. The molecule has 0 radical (unpaired) electrons. The third-order valence-electron chi connectivity index (χ3n) is 2.97. The van der Waals surface area contributed by atoms with E-state index in [1.54, 1.807) is 0 Å². The van der Waals surface area contributed by atoms with Crippen LogP contribution in [0, 0.1) is 17.7 Å². The molecule has 2 atom stereocenters. The van der Waals surface area contributed by atoms with Crippen molar-refractivity contribution < 1.29 is 4.39 Å². The molecule has 1 rings (SSSR count). The summed E-state index contributed by atoms with van der Waals surface area (Å²) in [6, 6.07) is 6.81. The van der Waals surface area contributed by atoms with Crippen molar-refractivity contribution in [3.8, 4) is 0 Å². The molecule has 0 saturated heterocycles. The van der Waals surface area contributed by atoms with Gasteiger partial charge in [-0.15, -0.1) is 0 Å². The van der Waals surface area contributed by atoms with Crippen molar-refractivity contribution in [2.24, 2.45) is 11.8 Å². The molecular weight excluding hydrogens is 189 g/mol. The molecule has 1 nitrogen and oxygen atoms in total. The van der Waals surface area contributed by atoms with Crippen LogP contribution < -0.4 is 5.32 Å². The fourth-order valence-corrected chi connectivity index (χ4v) is 1.72. The summed E-state index contributed by atoms with van der Waals surface area (Å²) in [5.41, 5.74) is 1.21. The minimum absolute atomic E-state index is 0.158. The summed E-state index contributed by atoms with van der Waals surface area (Å²) in [4.78, 5) is 0. The van der Waals surface area contributed by atoms with Crippen LogP contribution in [-0.2, 0) is 6.42 Å². The predicted octanol–water partition coefficient (Wildman–Crippen LogP) is 2.86. The third kappa shape index (κ3) is 4.00. The zero-order valence-electron chi connectivity index (χ0n) is 9.76. The van der Waals surface area contributed by atoms with Gasteiger partial charge in [0.25, 0.3) is 0 Å². The Morgan fingerprint density at radius 2 is 1.73 bits per heavy atom. The van der Waals surface area contributed by atoms with E-state index in [-0.39, 0.29) is 5.82 Å². The molecule has 2 unspecified atom stereocenters. The average Bonchev–Trinajstić information content (AvgIpc) is 2.22. The Morgan fingerprint density at radius 3 is 2.27 bits per heavy atom. The number of rotatable bonds is 5. The largest absolute Gasteiger partial charge is 0.319 e. The Kier molecular flexibility index (Phi) is 4.76. The van der Waals surface area contributed by atoms with Crippen molar-refractivity contribution in [1.29, 1.82) is 0 Å². The Hall–Kier alpha value is -0.890. The molecular formula is C13H20FN. The van der Waals surface area contributed by atoms with Crippen LogP contribution in [0.1, 0.15) is 19.4 Å². The van der Waals surface area contributed by atoms with E-state index in [1.165, 1.54) is 17.7 Å². The van der Waals surface area contributed by atoms with Gasteiger partial charge in [-0.1, -0.05) is 26.0 Å². The molecule has 0 aromatic heterocycles. The number of nitrogens with one attached hydrogen (secondary N) is 1. The quantitative estimate of drug-likeness (QED) is 0.786. The first-order valence-electron chi connectivity index (χ1n) is 5.52. The summed E-state index contributed by atoms with van der Waals surface area (Å²) in [7, 11) is 1.97. The van der Waals surface area contributed by atoms with E-state index in [4.69, 9.17) is 0 Å². The normalized spacial score (nSPS) is 14.9. The van der Waals surface area contributed by atoms with Crippen LogP contribution in [0.2, 0.25) is 0 Å². The maximum Gasteiger partial charge on any atom is 0.123 e. The van der Waals surface area contributed by atoms with E-state index >= 15 is 0 Å². The van der Waals surface area contributed by atoms with Crippen LogP contribution in [-0.4, -0.2) is 13.6 Å². The van der Waals surface area contributed by atoms with Crippen LogP contribution in [0.15, 0.2) is 24.3 Å². The smallest absolute Gasteiger partial charge is 0.123 e. The Labute approximate surface area is 91.7 Å². The summed E-state index contributed by atoms with van der Waals surface area (Å²) in [5.74, 6) is 1.10. The lowest BCUT2D eigenvalue weighted by molar-refractivity contribution is 0.374. The second-order valence-electron chi connectivity index (χ2n) is 4.34. The summed E-state index contributed by atoms with van der Waals surface area (Å²) >= 11 is 0.